The van der Waals surface area contributed by atoms with Crippen LogP contribution >= 0.6 is 0 Å². The highest BCUT2D eigenvalue weighted by Crippen LogP contribution is 2.40. The minimum Gasteiger partial charge on any atom is -0.399 e. The number of oxime groups is 1. The number of halogens is 1. The Morgan fingerprint density at radius 3 is 2.87 bits per heavy atom. The van der Waals surface area contributed by atoms with Crippen LogP contribution in [-0.2, 0) is 11.3 Å². The summed E-state index contributed by atoms with van der Waals surface area (Å²) in [5.74, 6) is 0.0506. The van der Waals surface area contributed by atoms with Crippen molar-refractivity contribution in [2.45, 2.75) is 31.6 Å². The smallest absolute Gasteiger partial charge is 0.220 e. The molecule has 2 unspecified atom stereocenters. The minimum absolute atomic E-state index is 0.0192. The summed E-state index contributed by atoms with van der Waals surface area (Å²) in [5.41, 5.74) is 9.21. The first-order chi connectivity index (χ1) is 11.1. The zero-order chi connectivity index (χ0) is 16.4. The second-order valence-corrected chi connectivity index (χ2v) is 5.73. The number of fused-ring (bicyclic) bond motifs is 1. The fraction of sp³-hybridized carbons (Fsp3) is 0.353. The number of rotatable bonds is 3. The molecule has 1 aromatic heterocycles. The Kier molecular flexibility index (Phi) is 4.23. The zero-order valence-corrected chi connectivity index (χ0v) is 13.2. The van der Waals surface area contributed by atoms with Crippen LogP contribution in [0.15, 0.2) is 29.4 Å². The normalized spacial score (nSPS) is 20.5. The highest BCUT2D eigenvalue weighted by atomic mass is 19.1. The average molecular weight is 314 g/mol. The van der Waals surface area contributed by atoms with E-state index in [2.05, 4.69) is 15.1 Å². The Hall–Kier alpha value is -2.50. The predicted octanol–water partition coefficient (Wildman–Crippen LogP) is 2.95. The van der Waals surface area contributed by atoms with Crippen molar-refractivity contribution in [1.82, 2.24) is 9.97 Å². The molecule has 0 saturated carbocycles. The molecule has 2 N–H and O–H groups in total. The molecular formula is C17H19FN4O. The summed E-state index contributed by atoms with van der Waals surface area (Å²) in [6.07, 6.45) is 3.11. The molecule has 1 aromatic carbocycles. The lowest BCUT2D eigenvalue weighted by atomic mass is 9.76. The monoisotopic (exact) mass is 314 g/mol. The number of aryl methyl sites for hydroxylation is 1. The molecule has 1 aliphatic rings. The molecule has 1 aliphatic carbocycles. The maximum absolute atomic E-state index is 14.2. The molecule has 0 radical (unpaired) electrons. The summed E-state index contributed by atoms with van der Waals surface area (Å²) >= 11 is 0. The van der Waals surface area contributed by atoms with Crippen LogP contribution in [0.5, 0.6) is 0 Å². The van der Waals surface area contributed by atoms with Gasteiger partial charge in [-0.1, -0.05) is 23.4 Å². The van der Waals surface area contributed by atoms with Crippen LogP contribution in [-0.4, -0.2) is 23.3 Å². The predicted molar refractivity (Wildman–Crippen MR) is 86.9 cm³/mol. The summed E-state index contributed by atoms with van der Waals surface area (Å²) < 4.78 is 14.2. The van der Waals surface area contributed by atoms with Gasteiger partial charge in [-0.2, -0.15) is 0 Å². The van der Waals surface area contributed by atoms with E-state index in [1.807, 2.05) is 19.1 Å². The first-order valence-electron chi connectivity index (χ1n) is 7.54. The first kappa shape index (κ1) is 15.4. The number of benzene rings is 1. The lowest BCUT2D eigenvalue weighted by Crippen LogP contribution is -2.23. The zero-order valence-electron chi connectivity index (χ0n) is 13.2. The molecule has 0 bridgehead atoms. The van der Waals surface area contributed by atoms with E-state index in [-0.39, 0.29) is 23.6 Å². The molecule has 0 amide bonds. The summed E-state index contributed by atoms with van der Waals surface area (Å²) in [4.78, 5) is 13.4. The quantitative estimate of drug-likeness (QED) is 0.698. The molecule has 0 spiro atoms. The molecule has 1 heterocycles. The fourth-order valence-corrected chi connectivity index (χ4v) is 3.36. The van der Waals surface area contributed by atoms with E-state index < -0.39 is 0 Å². The van der Waals surface area contributed by atoms with Gasteiger partial charge in [-0.25, -0.2) is 14.4 Å². The van der Waals surface area contributed by atoms with Crippen LogP contribution in [0.3, 0.4) is 0 Å². The Morgan fingerprint density at radius 2 is 2.13 bits per heavy atom. The van der Waals surface area contributed by atoms with E-state index in [0.717, 1.165) is 23.4 Å². The van der Waals surface area contributed by atoms with Gasteiger partial charge in [0.1, 0.15) is 12.9 Å². The number of nitrogens with two attached hydrogens (primary N) is 1. The van der Waals surface area contributed by atoms with Gasteiger partial charge in [0, 0.05) is 17.2 Å². The lowest BCUT2D eigenvalue weighted by Gasteiger charge is -2.30. The van der Waals surface area contributed by atoms with Crippen molar-refractivity contribution in [2.75, 3.05) is 12.8 Å². The summed E-state index contributed by atoms with van der Waals surface area (Å²) in [7, 11) is 1.50. The van der Waals surface area contributed by atoms with Crippen molar-refractivity contribution in [3.63, 3.8) is 0 Å². The number of hydrogen-bond donors (Lipinski definition) is 1. The summed E-state index contributed by atoms with van der Waals surface area (Å²) in [6, 6.07) is 6.87. The molecule has 2 aromatic rings. The SMILES string of the molecule is CON=CC1CC(c2ccccc2F)Cc2nc(N)nc(C)c21. The maximum atomic E-state index is 14.2. The van der Waals surface area contributed by atoms with E-state index in [1.54, 1.807) is 12.3 Å². The van der Waals surface area contributed by atoms with Crippen LogP contribution in [0.4, 0.5) is 10.3 Å². The molecule has 6 heteroatoms. The summed E-state index contributed by atoms with van der Waals surface area (Å²) in [6.45, 7) is 1.91. The average Bonchev–Trinajstić information content (AvgIpc) is 2.52. The number of hydrogen-bond acceptors (Lipinski definition) is 5. The molecule has 5 nitrogen and oxygen atoms in total. The third-order valence-electron chi connectivity index (χ3n) is 4.27. The van der Waals surface area contributed by atoms with Gasteiger partial charge in [-0.15, -0.1) is 0 Å². The van der Waals surface area contributed by atoms with E-state index in [9.17, 15) is 4.39 Å². The Labute approximate surface area is 134 Å². The van der Waals surface area contributed by atoms with Gasteiger partial charge in [-0.3, -0.25) is 0 Å². The number of nitrogens with zero attached hydrogens (tertiary/aromatic N) is 3. The standard InChI is InChI=1S/C17H19FN4O/c1-10-16-12(9-20-23-2)7-11(8-15(16)22-17(19)21-10)13-5-3-4-6-14(13)18/h3-6,9,11-12H,7-8H2,1-2H3,(H2,19,21,22). The van der Waals surface area contributed by atoms with Crippen molar-refractivity contribution >= 4 is 12.2 Å². The van der Waals surface area contributed by atoms with Gasteiger partial charge >= 0.3 is 0 Å². The van der Waals surface area contributed by atoms with Crippen LogP contribution in [0.25, 0.3) is 0 Å². The van der Waals surface area contributed by atoms with E-state index in [1.165, 1.54) is 13.2 Å². The van der Waals surface area contributed by atoms with Crippen LogP contribution in [0, 0.1) is 12.7 Å². The van der Waals surface area contributed by atoms with Crippen LogP contribution in [0.1, 0.15) is 40.8 Å². The second kappa shape index (κ2) is 6.32. The number of aromatic nitrogens is 2. The van der Waals surface area contributed by atoms with Crippen molar-refractivity contribution < 1.29 is 9.23 Å². The van der Waals surface area contributed by atoms with E-state index in [4.69, 9.17) is 10.6 Å². The highest BCUT2D eigenvalue weighted by molar-refractivity contribution is 5.69. The molecule has 2 atom stereocenters. The Morgan fingerprint density at radius 1 is 1.35 bits per heavy atom. The van der Waals surface area contributed by atoms with Crippen molar-refractivity contribution in [3.8, 4) is 0 Å². The molecule has 120 valence electrons. The molecule has 0 saturated heterocycles. The van der Waals surface area contributed by atoms with Gasteiger partial charge in [0.2, 0.25) is 5.95 Å². The van der Waals surface area contributed by atoms with Gasteiger partial charge < -0.3 is 10.6 Å². The van der Waals surface area contributed by atoms with Gasteiger partial charge in [0.05, 0.1) is 11.9 Å². The van der Waals surface area contributed by atoms with Crippen molar-refractivity contribution in [1.29, 1.82) is 0 Å². The maximum Gasteiger partial charge on any atom is 0.220 e. The van der Waals surface area contributed by atoms with E-state index in [0.29, 0.717) is 12.0 Å². The fourth-order valence-electron chi connectivity index (χ4n) is 3.36. The molecular weight excluding hydrogens is 295 g/mol. The Balaban J connectivity index is 2.05. The van der Waals surface area contributed by atoms with E-state index >= 15 is 0 Å². The van der Waals surface area contributed by atoms with Crippen molar-refractivity contribution in [3.05, 3.63) is 52.6 Å². The highest BCUT2D eigenvalue weighted by Gasteiger charge is 2.31. The van der Waals surface area contributed by atoms with Gasteiger partial charge in [0.25, 0.3) is 0 Å². The number of anilines is 1. The molecule has 3 rings (SSSR count). The summed E-state index contributed by atoms with van der Waals surface area (Å²) in [5, 5.41) is 3.90. The lowest BCUT2D eigenvalue weighted by molar-refractivity contribution is 0.213. The molecule has 0 aliphatic heterocycles. The second-order valence-electron chi connectivity index (χ2n) is 5.73. The van der Waals surface area contributed by atoms with Crippen molar-refractivity contribution in [2.24, 2.45) is 5.16 Å². The molecule has 23 heavy (non-hydrogen) atoms. The molecule has 0 fully saturated rings. The first-order valence-corrected chi connectivity index (χ1v) is 7.54. The van der Waals surface area contributed by atoms with Gasteiger partial charge in [-0.05, 0) is 37.3 Å². The van der Waals surface area contributed by atoms with Crippen LogP contribution in [0.2, 0.25) is 0 Å². The third-order valence-corrected chi connectivity index (χ3v) is 4.27. The topological polar surface area (TPSA) is 73.4 Å². The minimum atomic E-state index is -0.192. The third kappa shape index (κ3) is 3.02. The largest absolute Gasteiger partial charge is 0.399 e. The van der Waals surface area contributed by atoms with Gasteiger partial charge in [0.15, 0.2) is 0 Å². The Bertz CT molecular complexity index is 747. The number of nitrogen functional groups attached to an aromatic ring is 1. The van der Waals surface area contributed by atoms with Crippen LogP contribution < -0.4 is 5.73 Å².